The number of phenolic OH excluding ortho intramolecular Hbond substituents is 1. The number of amides is 1. The number of hydrogen-bond donors (Lipinski definition) is 2. The number of aromatic hydroxyl groups is 1. The second-order valence-electron chi connectivity index (χ2n) is 6.74. The van der Waals surface area contributed by atoms with Crippen LogP contribution in [0.1, 0.15) is 28.8 Å². The minimum Gasteiger partial charge on any atom is -0.505 e. The van der Waals surface area contributed by atoms with Crippen molar-refractivity contribution < 1.29 is 19.4 Å². The molecule has 0 bridgehead atoms. The number of nitrogens with one attached hydrogen (secondary N) is 1. The maximum Gasteiger partial charge on any atom is 0.341 e. The molecule has 0 aliphatic carbocycles. The van der Waals surface area contributed by atoms with E-state index in [-0.39, 0.29) is 28.8 Å². The highest BCUT2D eigenvalue weighted by atomic mass is 16.5. The number of likely N-dealkylation sites (tertiary alicyclic amines) is 1. The van der Waals surface area contributed by atoms with E-state index in [2.05, 4.69) is 27.1 Å². The zero-order chi connectivity index (χ0) is 19.2. The molecular weight excluding hydrogens is 344 g/mol. The standard InChI is InChI=1S/C21H24N2O4/c1-27-21(26)17-10-5-11-18(19(17)24)22-20(25)16-9-6-12-23(14-16)13-15-7-3-2-4-8-15/h2-5,7-8,10-11,16,24H,6,9,12-14H2,1H3,(H,22,25). The number of carbonyl (C=O) groups excluding carboxylic acids is 2. The Morgan fingerprint density at radius 2 is 1.96 bits per heavy atom. The molecule has 1 saturated heterocycles. The van der Waals surface area contributed by atoms with Crippen molar-refractivity contribution in [3.63, 3.8) is 0 Å². The molecule has 3 rings (SSSR count). The third-order valence-electron chi connectivity index (χ3n) is 4.82. The van der Waals surface area contributed by atoms with Gasteiger partial charge in [0, 0.05) is 13.1 Å². The van der Waals surface area contributed by atoms with E-state index in [1.54, 1.807) is 12.1 Å². The summed E-state index contributed by atoms with van der Waals surface area (Å²) in [6, 6.07) is 14.8. The van der Waals surface area contributed by atoms with E-state index in [1.165, 1.54) is 18.7 Å². The summed E-state index contributed by atoms with van der Waals surface area (Å²) in [6.45, 7) is 2.44. The number of rotatable bonds is 5. The van der Waals surface area contributed by atoms with Gasteiger partial charge in [-0.15, -0.1) is 0 Å². The van der Waals surface area contributed by atoms with Gasteiger partial charge in [-0.1, -0.05) is 36.4 Å². The minimum absolute atomic E-state index is 0.0321. The van der Waals surface area contributed by atoms with E-state index < -0.39 is 5.97 Å². The average Bonchev–Trinajstić information content (AvgIpc) is 2.70. The Hall–Kier alpha value is -2.86. The Balaban J connectivity index is 1.65. The maximum absolute atomic E-state index is 12.7. The first kappa shape index (κ1) is 18.9. The lowest BCUT2D eigenvalue weighted by Gasteiger charge is -2.32. The smallest absolute Gasteiger partial charge is 0.341 e. The average molecular weight is 368 g/mol. The van der Waals surface area contributed by atoms with Crippen LogP contribution in [0.25, 0.3) is 0 Å². The monoisotopic (exact) mass is 368 g/mol. The van der Waals surface area contributed by atoms with E-state index in [4.69, 9.17) is 0 Å². The Bertz CT molecular complexity index is 807. The maximum atomic E-state index is 12.7. The molecule has 2 aromatic carbocycles. The predicted molar refractivity (Wildman–Crippen MR) is 103 cm³/mol. The van der Waals surface area contributed by atoms with Crippen LogP contribution < -0.4 is 5.32 Å². The zero-order valence-electron chi connectivity index (χ0n) is 15.4. The number of piperidine rings is 1. The zero-order valence-corrected chi connectivity index (χ0v) is 15.4. The molecule has 6 heteroatoms. The normalized spacial score (nSPS) is 17.3. The Kier molecular flexibility index (Phi) is 6.08. The summed E-state index contributed by atoms with van der Waals surface area (Å²) >= 11 is 0. The van der Waals surface area contributed by atoms with Crippen LogP contribution in [0.5, 0.6) is 5.75 Å². The van der Waals surface area contributed by atoms with E-state index in [0.29, 0.717) is 6.54 Å². The van der Waals surface area contributed by atoms with Crippen molar-refractivity contribution in [2.24, 2.45) is 5.92 Å². The fraction of sp³-hybridized carbons (Fsp3) is 0.333. The van der Waals surface area contributed by atoms with Crippen molar-refractivity contribution in [3.8, 4) is 5.75 Å². The first-order valence-electron chi connectivity index (χ1n) is 9.06. The first-order chi connectivity index (χ1) is 13.1. The first-order valence-corrected chi connectivity index (χ1v) is 9.06. The van der Waals surface area contributed by atoms with E-state index in [0.717, 1.165) is 25.9 Å². The van der Waals surface area contributed by atoms with Crippen LogP contribution in [0.15, 0.2) is 48.5 Å². The molecule has 1 aliphatic rings. The molecular formula is C21H24N2O4. The van der Waals surface area contributed by atoms with Gasteiger partial charge in [-0.05, 0) is 37.1 Å². The molecule has 0 aromatic heterocycles. The second-order valence-corrected chi connectivity index (χ2v) is 6.74. The molecule has 1 atom stereocenters. The van der Waals surface area contributed by atoms with Gasteiger partial charge in [0.05, 0.1) is 18.7 Å². The van der Waals surface area contributed by atoms with Crippen molar-refractivity contribution >= 4 is 17.6 Å². The van der Waals surface area contributed by atoms with Crippen LogP contribution in [0.4, 0.5) is 5.69 Å². The van der Waals surface area contributed by atoms with E-state index in [1.807, 2.05) is 18.2 Å². The van der Waals surface area contributed by atoms with Gasteiger partial charge in [-0.25, -0.2) is 4.79 Å². The largest absolute Gasteiger partial charge is 0.505 e. The van der Waals surface area contributed by atoms with Crippen LogP contribution in [-0.4, -0.2) is 42.1 Å². The van der Waals surface area contributed by atoms with Crippen LogP contribution in [0.2, 0.25) is 0 Å². The Morgan fingerprint density at radius 3 is 2.70 bits per heavy atom. The van der Waals surface area contributed by atoms with E-state index in [9.17, 15) is 14.7 Å². The van der Waals surface area contributed by atoms with Gasteiger partial charge in [0.1, 0.15) is 5.56 Å². The van der Waals surface area contributed by atoms with Gasteiger partial charge in [0.25, 0.3) is 0 Å². The third kappa shape index (κ3) is 4.65. The Morgan fingerprint density at radius 1 is 1.19 bits per heavy atom. The van der Waals surface area contributed by atoms with Gasteiger partial charge in [-0.3, -0.25) is 9.69 Å². The van der Waals surface area contributed by atoms with Crippen LogP contribution in [-0.2, 0) is 16.1 Å². The topological polar surface area (TPSA) is 78.9 Å². The quantitative estimate of drug-likeness (QED) is 0.626. The van der Waals surface area contributed by atoms with Gasteiger partial charge >= 0.3 is 5.97 Å². The molecule has 2 aromatic rings. The van der Waals surface area contributed by atoms with Gasteiger partial charge in [0.2, 0.25) is 5.91 Å². The molecule has 142 valence electrons. The van der Waals surface area contributed by atoms with Crippen molar-refractivity contribution in [2.75, 3.05) is 25.5 Å². The number of phenols is 1. The number of hydrogen-bond acceptors (Lipinski definition) is 5. The molecule has 1 fully saturated rings. The highest BCUT2D eigenvalue weighted by molar-refractivity contribution is 5.99. The molecule has 1 unspecified atom stereocenters. The molecule has 2 N–H and O–H groups in total. The lowest BCUT2D eigenvalue weighted by atomic mass is 9.96. The van der Waals surface area contributed by atoms with Crippen molar-refractivity contribution in [2.45, 2.75) is 19.4 Å². The van der Waals surface area contributed by atoms with Crippen LogP contribution in [0, 0.1) is 5.92 Å². The van der Waals surface area contributed by atoms with Gasteiger partial charge in [0.15, 0.2) is 5.75 Å². The summed E-state index contributed by atoms with van der Waals surface area (Å²) < 4.78 is 4.65. The lowest BCUT2D eigenvalue weighted by Crippen LogP contribution is -2.40. The second kappa shape index (κ2) is 8.68. The molecule has 1 heterocycles. The molecule has 6 nitrogen and oxygen atoms in total. The summed E-state index contributed by atoms with van der Waals surface area (Å²) in [4.78, 5) is 26.7. The number of esters is 1. The highest BCUT2D eigenvalue weighted by Gasteiger charge is 2.27. The Labute approximate surface area is 158 Å². The number of ether oxygens (including phenoxy) is 1. The number of methoxy groups -OCH3 is 1. The number of nitrogens with zero attached hydrogens (tertiary/aromatic N) is 1. The SMILES string of the molecule is COC(=O)c1cccc(NC(=O)C2CCCN(Cc3ccccc3)C2)c1O. The lowest BCUT2D eigenvalue weighted by molar-refractivity contribution is -0.121. The minimum atomic E-state index is -0.643. The highest BCUT2D eigenvalue weighted by Crippen LogP contribution is 2.29. The number of carbonyl (C=O) groups is 2. The molecule has 1 amide bonds. The summed E-state index contributed by atoms with van der Waals surface area (Å²) in [5.74, 6) is -1.22. The van der Waals surface area contributed by atoms with Crippen LogP contribution >= 0.6 is 0 Å². The molecule has 27 heavy (non-hydrogen) atoms. The summed E-state index contributed by atoms with van der Waals surface area (Å²) in [7, 11) is 1.25. The van der Waals surface area contributed by atoms with Crippen molar-refractivity contribution in [3.05, 3.63) is 59.7 Å². The third-order valence-corrected chi connectivity index (χ3v) is 4.82. The van der Waals surface area contributed by atoms with Gasteiger partial charge in [-0.2, -0.15) is 0 Å². The van der Waals surface area contributed by atoms with Gasteiger partial charge < -0.3 is 15.2 Å². The number of benzene rings is 2. The predicted octanol–water partition coefficient (Wildman–Crippen LogP) is 3.03. The number of anilines is 1. The molecule has 0 radical (unpaired) electrons. The van der Waals surface area contributed by atoms with E-state index >= 15 is 0 Å². The fourth-order valence-corrected chi connectivity index (χ4v) is 3.41. The summed E-state index contributed by atoms with van der Waals surface area (Å²) in [5.41, 5.74) is 1.48. The summed E-state index contributed by atoms with van der Waals surface area (Å²) in [6.07, 6.45) is 1.74. The molecule has 0 saturated carbocycles. The summed E-state index contributed by atoms with van der Waals surface area (Å²) in [5, 5.41) is 13.0. The fourth-order valence-electron chi connectivity index (χ4n) is 3.41. The van der Waals surface area contributed by atoms with Crippen molar-refractivity contribution in [1.82, 2.24) is 4.90 Å². The molecule has 0 spiro atoms. The number of para-hydroxylation sites is 1. The molecule has 1 aliphatic heterocycles. The van der Waals surface area contributed by atoms with Crippen LogP contribution in [0.3, 0.4) is 0 Å². The van der Waals surface area contributed by atoms with Crippen molar-refractivity contribution in [1.29, 1.82) is 0 Å².